The minimum atomic E-state index is 0.480. The van der Waals surface area contributed by atoms with Crippen LogP contribution in [0.15, 0.2) is 60.8 Å². The lowest BCUT2D eigenvalue weighted by Crippen LogP contribution is -2.22. The molecule has 3 heteroatoms. The zero-order valence-electron chi connectivity index (χ0n) is 15.0. The minimum absolute atomic E-state index is 0.480. The molecule has 3 heterocycles. The number of aromatic nitrogens is 2. The van der Waals surface area contributed by atoms with Crippen molar-refractivity contribution in [2.45, 2.75) is 39.3 Å². The Hall–Kier alpha value is -2.39. The van der Waals surface area contributed by atoms with Crippen LogP contribution in [0.5, 0.6) is 0 Å². The third kappa shape index (κ3) is 3.24. The Balaban J connectivity index is 1.55. The summed E-state index contributed by atoms with van der Waals surface area (Å²) in [5.41, 5.74) is 5.17. The average molecular weight is 331 g/mol. The molecule has 2 aromatic heterocycles. The molecule has 1 aliphatic heterocycles. The molecule has 0 radical (unpaired) electrons. The molecule has 0 spiro atoms. The van der Waals surface area contributed by atoms with Crippen LogP contribution in [0.1, 0.15) is 41.4 Å². The lowest BCUT2D eigenvalue weighted by molar-refractivity contribution is 0.248. The van der Waals surface area contributed by atoms with Crippen LogP contribution < -0.4 is 0 Å². The van der Waals surface area contributed by atoms with E-state index < -0.39 is 0 Å². The molecule has 0 aliphatic carbocycles. The van der Waals surface area contributed by atoms with Gasteiger partial charge in [0.15, 0.2) is 0 Å². The van der Waals surface area contributed by atoms with Crippen LogP contribution in [0, 0.1) is 13.8 Å². The van der Waals surface area contributed by atoms with Crippen LogP contribution >= 0.6 is 0 Å². The molecule has 1 fully saturated rings. The maximum atomic E-state index is 4.77. The highest BCUT2D eigenvalue weighted by Crippen LogP contribution is 2.33. The van der Waals surface area contributed by atoms with Crippen molar-refractivity contribution in [2.75, 3.05) is 6.54 Å². The van der Waals surface area contributed by atoms with Crippen LogP contribution in [-0.2, 0) is 6.54 Å². The topological polar surface area (TPSA) is 21.1 Å². The number of likely N-dealkylation sites (tertiary alicyclic amines) is 1. The van der Waals surface area contributed by atoms with E-state index in [9.17, 15) is 0 Å². The van der Waals surface area contributed by atoms with E-state index in [2.05, 4.69) is 84.1 Å². The molecule has 0 saturated carbocycles. The molecular weight excluding hydrogens is 306 g/mol. The molecule has 0 unspecified atom stereocenters. The second-order valence-electron chi connectivity index (χ2n) is 7.02. The van der Waals surface area contributed by atoms with Crippen LogP contribution in [0.4, 0.5) is 0 Å². The van der Waals surface area contributed by atoms with Gasteiger partial charge in [0.2, 0.25) is 0 Å². The molecule has 0 bridgehead atoms. The average Bonchev–Trinajstić information content (AvgIpc) is 3.23. The van der Waals surface area contributed by atoms with E-state index in [4.69, 9.17) is 4.98 Å². The Labute approximate surface area is 149 Å². The van der Waals surface area contributed by atoms with Gasteiger partial charge in [0.1, 0.15) is 5.82 Å². The van der Waals surface area contributed by atoms with Gasteiger partial charge in [-0.2, -0.15) is 0 Å². The van der Waals surface area contributed by atoms with E-state index in [0.29, 0.717) is 6.04 Å². The van der Waals surface area contributed by atoms with Crippen LogP contribution in [0.3, 0.4) is 0 Å². The Kier molecular flexibility index (Phi) is 4.41. The first kappa shape index (κ1) is 16.1. The summed E-state index contributed by atoms with van der Waals surface area (Å²) >= 11 is 0. The second-order valence-corrected chi connectivity index (χ2v) is 7.02. The van der Waals surface area contributed by atoms with Crippen molar-refractivity contribution in [1.29, 1.82) is 0 Å². The predicted molar refractivity (Wildman–Crippen MR) is 102 cm³/mol. The molecule has 1 aliphatic rings. The molecule has 4 rings (SSSR count). The summed E-state index contributed by atoms with van der Waals surface area (Å²) in [6.45, 7) is 6.43. The van der Waals surface area contributed by atoms with Crippen molar-refractivity contribution < 1.29 is 0 Å². The minimum Gasteiger partial charge on any atom is -0.303 e. The molecule has 1 atom stereocenters. The highest BCUT2D eigenvalue weighted by Gasteiger charge is 2.26. The van der Waals surface area contributed by atoms with Gasteiger partial charge < -0.3 is 4.57 Å². The summed E-state index contributed by atoms with van der Waals surface area (Å²) in [7, 11) is 0. The third-order valence-electron chi connectivity index (χ3n) is 5.25. The first-order valence-corrected chi connectivity index (χ1v) is 9.11. The zero-order chi connectivity index (χ0) is 17.2. The maximum Gasteiger partial charge on any atom is 0.136 e. The predicted octanol–water partition coefficient (Wildman–Crippen LogP) is 4.83. The molecule has 1 aromatic carbocycles. The number of pyridine rings is 1. The Morgan fingerprint density at radius 3 is 2.40 bits per heavy atom. The molecular formula is C22H25N3. The fourth-order valence-electron chi connectivity index (χ4n) is 3.97. The maximum absolute atomic E-state index is 4.77. The largest absolute Gasteiger partial charge is 0.303 e. The van der Waals surface area contributed by atoms with Crippen molar-refractivity contribution >= 4 is 0 Å². The first-order valence-electron chi connectivity index (χ1n) is 9.11. The molecule has 3 aromatic rings. The van der Waals surface area contributed by atoms with Gasteiger partial charge in [0, 0.05) is 30.2 Å². The number of rotatable bonds is 4. The summed E-state index contributed by atoms with van der Waals surface area (Å²) < 4.78 is 2.21. The van der Waals surface area contributed by atoms with Crippen molar-refractivity contribution in [2.24, 2.45) is 0 Å². The van der Waals surface area contributed by atoms with Crippen molar-refractivity contribution in [3.63, 3.8) is 0 Å². The third-order valence-corrected chi connectivity index (χ3v) is 5.25. The Morgan fingerprint density at radius 1 is 0.960 bits per heavy atom. The number of benzene rings is 1. The van der Waals surface area contributed by atoms with E-state index in [1.54, 1.807) is 0 Å². The lowest BCUT2D eigenvalue weighted by atomic mass is 10.1. The zero-order valence-corrected chi connectivity index (χ0v) is 15.0. The quantitative estimate of drug-likeness (QED) is 0.683. The fraction of sp³-hybridized carbons (Fsp3) is 0.318. The SMILES string of the molecule is Cc1ccc(C)n1-c1ccc([C@@H]2CCCN2Cc2ccccc2)cn1. The molecule has 25 heavy (non-hydrogen) atoms. The van der Waals surface area contributed by atoms with Gasteiger partial charge in [-0.25, -0.2) is 4.98 Å². The summed E-state index contributed by atoms with van der Waals surface area (Å²) in [4.78, 5) is 7.35. The van der Waals surface area contributed by atoms with E-state index in [1.807, 2.05) is 0 Å². The van der Waals surface area contributed by atoms with E-state index >= 15 is 0 Å². The van der Waals surface area contributed by atoms with E-state index in [1.165, 1.54) is 35.4 Å². The monoisotopic (exact) mass is 331 g/mol. The van der Waals surface area contributed by atoms with Gasteiger partial charge in [-0.15, -0.1) is 0 Å². The number of aryl methyl sites for hydroxylation is 2. The van der Waals surface area contributed by atoms with Crippen LogP contribution in [0.25, 0.3) is 5.82 Å². The number of hydrogen-bond acceptors (Lipinski definition) is 2. The van der Waals surface area contributed by atoms with Gasteiger partial charge in [-0.3, -0.25) is 4.90 Å². The standard InChI is InChI=1S/C22H25N3/c1-17-10-11-18(2)25(17)22-13-12-20(15-23-22)21-9-6-14-24(21)16-19-7-4-3-5-8-19/h3-5,7-8,10-13,15,21H,6,9,14,16H2,1-2H3/t21-/m0/s1. The molecule has 128 valence electrons. The van der Waals surface area contributed by atoms with Gasteiger partial charge >= 0.3 is 0 Å². The van der Waals surface area contributed by atoms with Crippen molar-refractivity contribution in [3.05, 3.63) is 83.3 Å². The first-order chi connectivity index (χ1) is 12.2. The smallest absolute Gasteiger partial charge is 0.136 e. The number of nitrogens with zero attached hydrogens (tertiary/aromatic N) is 3. The fourth-order valence-corrected chi connectivity index (χ4v) is 3.97. The Bertz CT molecular complexity index is 814. The van der Waals surface area contributed by atoms with Gasteiger partial charge in [-0.1, -0.05) is 36.4 Å². The van der Waals surface area contributed by atoms with Crippen LogP contribution in [0.2, 0.25) is 0 Å². The molecule has 0 amide bonds. The molecule has 3 nitrogen and oxygen atoms in total. The van der Waals surface area contributed by atoms with Gasteiger partial charge in [-0.05, 0) is 62.6 Å². The van der Waals surface area contributed by atoms with Crippen molar-refractivity contribution in [1.82, 2.24) is 14.5 Å². The van der Waals surface area contributed by atoms with Gasteiger partial charge in [0.25, 0.3) is 0 Å². The van der Waals surface area contributed by atoms with Crippen molar-refractivity contribution in [3.8, 4) is 5.82 Å². The highest BCUT2D eigenvalue weighted by molar-refractivity contribution is 5.33. The highest BCUT2D eigenvalue weighted by atomic mass is 15.2. The van der Waals surface area contributed by atoms with Gasteiger partial charge in [0.05, 0.1) is 0 Å². The summed E-state index contributed by atoms with van der Waals surface area (Å²) in [6.07, 6.45) is 4.55. The van der Waals surface area contributed by atoms with Crippen LogP contribution in [-0.4, -0.2) is 21.0 Å². The lowest BCUT2D eigenvalue weighted by Gasteiger charge is -2.25. The second kappa shape index (κ2) is 6.85. The summed E-state index contributed by atoms with van der Waals surface area (Å²) in [6, 6.07) is 19.9. The van der Waals surface area contributed by atoms with E-state index in [0.717, 1.165) is 18.9 Å². The summed E-state index contributed by atoms with van der Waals surface area (Å²) in [5.74, 6) is 1.01. The molecule has 1 saturated heterocycles. The summed E-state index contributed by atoms with van der Waals surface area (Å²) in [5, 5.41) is 0. The van der Waals surface area contributed by atoms with E-state index in [-0.39, 0.29) is 0 Å². The normalized spacial score (nSPS) is 17.9. The number of hydrogen-bond donors (Lipinski definition) is 0. The Morgan fingerprint density at radius 2 is 1.72 bits per heavy atom. The molecule has 0 N–H and O–H groups in total.